The average molecular weight is 438 g/mol. The van der Waals surface area contributed by atoms with Crippen LogP contribution in [0.5, 0.6) is 0 Å². The number of piperidine rings is 1. The van der Waals surface area contributed by atoms with Gasteiger partial charge in [0.1, 0.15) is 0 Å². The van der Waals surface area contributed by atoms with Crippen molar-refractivity contribution in [2.24, 2.45) is 0 Å². The quantitative estimate of drug-likeness (QED) is 0.746. The van der Waals surface area contributed by atoms with E-state index in [1.807, 2.05) is 29.2 Å². The number of nitrogens with zero attached hydrogens (tertiary/aromatic N) is 2. The monoisotopic (exact) mass is 437 g/mol. The molecule has 160 valence electrons. The third-order valence-electron chi connectivity index (χ3n) is 5.35. The maximum absolute atomic E-state index is 12.8. The lowest BCUT2D eigenvalue weighted by Gasteiger charge is -2.26. The summed E-state index contributed by atoms with van der Waals surface area (Å²) in [6.45, 7) is 1.46. The fraction of sp³-hybridized carbons (Fsp3) is 0.304. The molecule has 0 atom stereocenters. The third kappa shape index (κ3) is 5.14. The van der Waals surface area contributed by atoms with Gasteiger partial charge in [0.05, 0.1) is 12.3 Å². The minimum atomic E-state index is -0.276. The van der Waals surface area contributed by atoms with Gasteiger partial charge in [-0.25, -0.2) is 0 Å². The number of carbonyl (C=O) groups excluding carboxylic acids is 4. The zero-order valence-electron chi connectivity index (χ0n) is 17.0. The first-order valence-corrected chi connectivity index (χ1v) is 11.2. The molecule has 8 heteroatoms. The van der Waals surface area contributed by atoms with E-state index in [4.69, 9.17) is 0 Å². The lowest BCUT2D eigenvalue weighted by molar-refractivity contribution is -0.133. The summed E-state index contributed by atoms with van der Waals surface area (Å²) in [5.41, 5.74) is 2.78. The maximum Gasteiger partial charge on any atom is 0.289 e. The molecule has 0 spiro atoms. The molecule has 2 saturated heterocycles. The fourth-order valence-electron chi connectivity index (χ4n) is 3.73. The molecule has 2 fully saturated rings. The fourth-order valence-corrected chi connectivity index (χ4v) is 4.45. The Balaban J connectivity index is 1.42. The van der Waals surface area contributed by atoms with Crippen molar-refractivity contribution in [1.29, 1.82) is 0 Å². The number of nitrogens with one attached hydrogen (secondary N) is 1. The molecule has 2 aromatic rings. The Hall–Kier alpha value is -3.13. The van der Waals surface area contributed by atoms with Gasteiger partial charge in [-0.1, -0.05) is 36.0 Å². The van der Waals surface area contributed by atoms with Crippen LogP contribution in [0.1, 0.15) is 40.7 Å². The summed E-state index contributed by atoms with van der Waals surface area (Å²) in [5, 5.41) is 2.63. The van der Waals surface area contributed by atoms with Gasteiger partial charge in [0, 0.05) is 30.8 Å². The average Bonchev–Trinajstić information content (AvgIpc) is 3.08. The van der Waals surface area contributed by atoms with Crippen LogP contribution >= 0.6 is 11.8 Å². The smallest absolute Gasteiger partial charge is 0.289 e. The first kappa shape index (κ1) is 21.1. The van der Waals surface area contributed by atoms with Crippen molar-refractivity contribution in [3.8, 4) is 0 Å². The van der Waals surface area contributed by atoms with Gasteiger partial charge < -0.3 is 10.2 Å². The van der Waals surface area contributed by atoms with Crippen LogP contribution in [-0.4, -0.2) is 45.1 Å². The standard InChI is InChI=1S/C23H23N3O4S/c27-20-9-1-2-10-25(20)13-17-6-4-8-19(12-17)24-22(29)18-7-3-5-16(11-18)14-26-21(28)15-31-23(26)30/h3-8,11-12H,1-2,9-10,13-15H2,(H,24,29). The van der Waals surface area contributed by atoms with Crippen LogP contribution in [-0.2, 0) is 22.7 Å². The van der Waals surface area contributed by atoms with Crippen LogP contribution in [0.15, 0.2) is 48.5 Å². The summed E-state index contributed by atoms with van der Waals surface area (Å²) < 4.78 is 0. The number of hydrogen-bond acceptors (Lipinski definition) is 5. The van der Waals surface area contributed by atoms with Gasteiger partial charge in [0.15, 0.2) is 0 Å². The minimum absolute atomic E-state index is 0.158. The second kappa shape index (κ2) is 9.34. The van der Waals surface area contributed by atoms with Gasteiger partial charge in [-0.05, 0) is 48.2 Å². The number of thioether (sulfide) groups is 1. The van der Waals surface area contributed by atoms with Gasteiger partial charge in [-0.15, -0.1) is 0 Å². The van der Waals surface area contributed by atoms with Crippen molar-refractivity contribution in [1.82, 2.24) is 9.80 Å². The Morgan fingerprint density at radius 3 is 2.45 bits per heavy atom. The van der Waals surface area contributed by atoms with Crippen LogP contribution < -0.4 is 5.32 Å². The summed E-state index contributed by atoms with van der Waals surface area (Å²) in [7, 11) is 0. The molecule has 2 aliphatic rings. The molecular weight excluding hydrogens is 414 g/mol. The number of likely N-dealkylation sites (tertiary alicyclic amines) is 1. The molecule has 4 amide bonds. The Morgan fingerprint density at radius 2 is 1.71 bits per heavy atom. The van der Waals surface area contributed by atoms with E-state index in [-0.39, 0.29) is 35.3 Å². The van der Waals surface area contributed by atoms with E-state index in [2.05, 4.69) is 5.32 Å². The zero-order chi connectivity index (χ0) is 21.8. The first-order valence-electron chi connectivity index (χ1n) is 10.2. The lowest BCUT2D eigenvalue weighted by Crippen LogP contribution is -2.34. The van der Waals surface area contributed by atoms with Crippen molar-refractivity contribution in [2.45, 2.75) is 32.4 Å². The van der Waals surface area contributed by atoms with E-state index in [0.717, 1.165) is 36.7 Å². The summed E-state index contributed by atoms with van der Waals surface area (Å²) in [5.74, 6) is -0.153. The number of carbonyl (C=O) groups is 4. The molecule has 7 nitrogen and oxygen atoms in total. The van der Waals surface area contributed by atoms with E-state index < -0.39 is 0 Å². The highest BCUT2D eigenvalue weighted by Crippen LogP contribution is 2.22. The van der Waals surface area contributed by atoms with Crippen LogP contribution in [0.25, 0.3) is 0 Å². The molecule has 2 aliphatic heterocycles. The Labute approximate surface area is 184 Å². The Bertz CT molecular complexity index is 1020. The molecular formula is C23H23N3O4S. The van der Waals surface area contributed by atoms with E-state index in [1.165, 1.54) is 4.90 Å². The van der Waals surface area contributed by atoms with Crippen LogP contribution in [0.4, 0.5) is 10.5 Å². The van der Waals surface area contributed by atoms with E-state index >= 15 is 0 Å². The van der Waals surface area contributed by atoms with Gasteiger partial charge in [-0.2, -0.15) is 0 Å². The summed E-state index contributed by atoms with van der Waals surface area (Å²) in [4.78, 5) is 51.5. The molecule has 2 aromatic carbocycles. The van der Waals surface area contributed by atoms with Crippen molar-refractivity contribution in [3.05, 3.63) is 65.2 Å². The summed E-state index contributed by atoms with van der Waals surface area (Å²) in [6.07, 6.45) is 2.56. The van der Waals surface area contributed by atoms with Crippen molar-refractivity contribution in [2.75, 3.05) is 17.6 Å². The zero-order valence-corrected chi connectivity index (χ0v) is 17.8. The maximum atomic E-state index is 12.8. The van der Waals surface area contributed by atoms with Gasteiger partial charge >= 0.3 is 0 Å². The first-order chi connectivity index (χ1) is 15.0. The molecule has 1 N–H and O–H groups in total. The molecule has 0 saturated carbocycles. The predicted molar refractivity (Wildman–Crippen MR) is 119 cm³/mol. The van der Waals surface area contributed by atoms with Gasteiger partial charge in [-0.3, -0.25) is 24.1 Å². The molecule has 4 rings (SSSR count). The second-order valence-electron chi connectivity index (χ2n) is 7.66. The highest BCUT2D eigenvalue weighted by Gasteiger charge is 2.29. The molecule has 0 bridgehead atoms. The van der Waals surface area contributed by atoms with Gasteiger partial charge in [0.25, 0.3) is 11.1 Å². The minimum Gasteiger partial charge on any atom is -0.338 e. The number of anilines is 1. The largest absolute Gasteiger partial charge is 0.338 e. The second-order valence-corrected chi connectivity index (χ2v) is 8.59. The van der Waals surface area contributed by atoms with E-state index in [0.29, 0.717) is 29.8 Å². The molecule has 0 radical (unpaired) electrons. The number of amides is 4. The molecule has 31 heavy (non-hydrogen) atoms. The number of rotatable bonds is 6. The number of hydrogen-bond donors (Lipinski definition) is 1. The van der Waals surface area contributed by atoms with Crippen LogP contribution in [0, 0.1) is 0 Å². The van der Waals surface area contributed by atoms with Crippen LogP contribution in [0.3, 0.4) is 0 Å². The van der Waals surface area contributed by atoms with Crippen LogP contribution in [0.2, 0.25) is 0 Å². The highest BCUT2D eigenvalue weighted by molar-refractivity contribution is 8.14. The molecule has 0 unspecified atom stereocenters. The molecule has 2 heterocycles. The van der Waals surface area contributed by atoms with Crippen molar-refractivity contribution in [3.63, 3.8) is 0 Å². The predicted octanol–water partition coefficient (Wildman–Crippen LogP) is 3.65. The summed E-state index contributed by atoms with van der Waals surface area (Å²) >= 11 is 0.992. The Kier molecular flexibility index (Phi) is 6.36. The number of imide groups is 1. The van der Waals surface area contributed by atoms with Crippen molar-refractivity contribution < 1.29 is 19.2 Å². The highest BCUT2D eigenvalue weighted by atomic mass is 32.2. The normalized spacial score (nSPS) is 16.7. The van der Waals surface area contributed by atoms with E-state index in [1.54, 1.807) is 24.3 Å². The SMILES string of the molecule is O=C(Nc1cccc(CN2CCCCC2=O)c1)c1cccc(CN2C(=O)CSC2=O)c1. The summed E-state index contributed by atoms with van der Waals surface area (Å²) in [6, 6.07) is 14.4. The topological polar surface area (TPSA) is 86.8 Å². The number of benzene rings is 2. The van der Waals surface area contributed by atoms with E-state index in [9.17, 15) is 19.2 Å². The molecule has 0 aromatic heterocycles. The molecule has 0 aliphatic carbocycles. The Morgan fingerprint density at radius 1 is 0.935 bits per heavy atom. The van der Waals surface area contributed by atoms with Crippen molar-refractivity contribution >= 4 is 40.4 Å². The van der Waals surface area contributed by atoms with Gasteiger partial charge in [0.2, 0.25) is 11.8 Å². The lowest BCUT2D eigenvalue weighted by atomic mass is 10.1. The third-order valence-corrected chi connectivity index (χ3v) is 6.21.